The van der Waals surface area contributed by atoms with Crippen molar-refractivity contribution < 1.29 is 9.90 Å². The predicted molar refractivity (Wildman–Crippen MR) is 64.5 cm³/mol. The molecule has 2 aliphatic heterocycles. The van der Waals surface area contributed by atoms with Crippen molar-refractivity contribution in [1.29, 1.82) is 0 Å². The Balaban J connectivity index is 1.67. The summed E-state index contributed by atoms with van der Waals surface area (Å²) in [6.07, 6.45) is 5.74. The first-order chi connectivity index (χ1) is 8.25. The van der Waals surface area contributed by atoms with E-state index >= 15 is 0 Å². The van der Waals surface area contributed by atoms with Gasteiger partial charge in [-0.05, 0) is 37.6 Å². The van der Waals surface area contributed by atoms with E-state index in [0.717, 1.165) is 32.5 Å². The van der Waals surface area contributed by atoms with Gasteiger partial charge in [0.2, 0.25) is 5.91 Å². The Morgan fingerprint density at radius 2 is 2.24 bits per heavy atom. The average Bonchev–Trinajstić information content (AvgIpc) is 2.94. The number of aliphatic hydroxyl groups excluding tert-OH is 1. The minimum absolute atomic E-state index is 0.0459. The van der Waals surface area contributed by atoms with Gasteiger partial charge < -0.3 is 15.3 Å². The highest BCUT2D eigenvalue weighted by atomic mass is 16.3. The average molecular weight is 238 g/mol. The van der Waals surface area contributed by atoms with Crippen molar-refractivity contribution in [2.45, 2.75) is 38.1 Å². The van der Waals surface area contributed by atoms with Crippen LogP contribution in [0.2, 0.25) is 0 Å². The van der Waals surface area contributed by atoms with E-state index in [1.165, 1.54) is 19.3 Å². The van der Waals surface area contributed by atoms with Crippen molar-refractivity contribution >= 4 is 5.91 Å². The molecule has 4 nitrogen and oxygen atoms in total. The quantitative estimate of drug-likeness (QED) is 0.730. The molecule has 96 valence electrons. The third-order valence-electron chi connectivity index (χ3n) is 5.05. The zero-order chi connectivity index (χ0) is 11.9. The highest BCUT2D eigenvalue weighted by Crippen LogP contribution is 2.51. The number of carbonyl (C=O) groups excluding carboxylic acids is 1. The van der Waals surface area contributed by atoms with Gasteiger partial charge in [-0.25, -0.2) is 0 Å². The molecule has 1 saturated carbocycles. The molecule has 3 aliphatic rings. The van der Waals surface area contributed by atoms with Crippen LogP contribution in [0.3, 0.4) is 0 Å². The summed E-state index contributed by atoms with van der Waals surface area (Å²) in [5, 5.41) is 12.8. The molecular formula is C13H22N2O2. The van der Waals surface area contributed by atoms with Crippen LogP contribution in [0, 0.1) is 11.3 Å². The van der Waals surface area contributed by atoms with Gasteiger partial charge in [-0.1, -0.05) is 6.42 Å². The number of aliphatic hydroxyl groups is 1. The highest BCUT2D eigenvalue weighted by molar-refractivity contribution is 5.82. The summed E-state index contributed by atoms with van der Waals surface area (Å²) in [7, 11) is 0. The molecule has 0 radical (unpaired) electrons. The van der Waals surface area contributed by atoms with Gasteiger partial charge >= 0.3 is 0 Å². The standard InChI is InChI=1S/C13H22N2O2/c16-8-10-7-15(9-13(10)4-2-5-13)12(17)11-3-1-6-14-11/h10-11,14,16H,1-9H2/t10-,11+/m1/s1. The zero-order valence-electron chi connectivity index (χ0n) is 10.3. The van der Waals surface area contributed by atoms with Gasteiger partial charge in [0.1, 0.15) is 0 Å². The van der Waals surface area contributed by atoms with Crippen molar-refractivity contribution in [3.63, 3.8) is 0 Å². The molecule has 1 amide bonds. The molecular weight excluding hydrogens is 216 g/mol. The zero-order valence-corrected chi connectivity index (χ0v) is 10.3. The normalized spacial score (nSPS) is 35.2. The van der Waals surface area contributed by atoms with Gasteiger partial charge in [0, 0.05) is 25.6 Å². The number of amides is 1. The lowest BCUT2D eigenvalue weighted by molar-refractivity contribution is -0.132. The van der Waals surface area contributed by atoms with E-state index in [2.05, 4.69) is 5.32 Å². The van der Waals surface area contributed by atoms with Crippen LogP contribution in [0.5, 0.6) is 0 Å². The molecule has 3 rings (SSSR count). The van der Waals surface area contributed by atoms with Gasteiger partial charge in [0.05, 0.1) is 6.04 Å². The molecule has 4 heteroatoms. The molecule has 2 saturated heterocycles. The van der Waals surface area contributed by atoms with E-state index in [-0.39, 0.29) is 24.0 Å². The SMILES string of the molecule is O=C([C@@H]1CCCN1)N1C[C@H](CO)C2(CCC2)C1. The molecule has 17 heavy (non-hydrogen) atoms. The second-order valence-corrected chi connectivity index (χ2v) is 5.96. The largest absolute Gasteiger partial charge is 0.396 e. The summed E-state index contributed by atoms with van der Waals surface area (Å²) in [6.45, 7) is 2.86. The third kappa shape index (κ3) is 1.78. The lowest BCUT2D eigenvalue weighted by atomic mass is 9.63. The van der Waals surface area contributed by atoms with Crippen LogP contribution in [-0.2, 0) is 4.79 Å². The second kappa shape index (κ2) is 4.25. The number of hydrogen-bond donors (Lipinski definition) is 2. The van der Waals surface area contributed by atoms with Crippen molar-refractivity contribution in [3.05, 3.63) is 0 Å². The number of likely N-dealkylation sites (tertiary alicyclic amines) is 1. The Bertz CT molecular complexity index is 309. The molecule has 2 N–H and O–H groups in total. The molecule has 0 unspecified atom stereocenters. The summed E-state index contributed by atoms with van der Waals surface area (Å²) < 4.78 is 0. The molecule has 0 aromatic rings. The monoisotopic (exact) mass is 238 g/mol. The third-order valence-corrected chi connectivity index (χ3v) is 5.05. The van der Waals surface area contributed by atoms with Crippen LogP contribution < -0.4 is 5.32 Å². The first-order valence-corrected chi connectivity index (χ1v) is 6.88. The van der Waals surface area contributed by atoms with Crippen molar-refractivity contribution in [1.82, 2.24) is 10.2 Å². The maximum Gasteiger partial charge on any atom is 0.239 e. The van der Waals surface area contributed by atoms with Crippen LogP contribution >= 0.6 is 0 Å². The maximum atomic E-state index is 12.3. The van der Waals surface area contributed by atoms with Crippen LogP contribution in [-0.4, -0.2) is 48.2 Å². The predicted octanol–water partition coefficient (Wildman–Crippen LogP) is 0.359. The fourth-order valence-electron chi connectivity index (χ4n) is 3.77. The number of carbonyl (C=O) groups is 1. The molecule has 0 aromatic heterocycles. The lowest BCUT2D eigenvalue weighted by Crippen LogP contribution is -2.44. The maximum absolute atomic E-state index is 12.3. The molecule has 1 spiro atoms. The highest BCUT2D eigenvalue weighted by Gasteiger charge is 2.51. The Morgan fingerprint density at radius 3 is 2.71 bits per heavy atom. The summed E-state index contributed by atoms with van der Waals surface area (Å²) in [6, 6.07) is 0.0459. The van der Waals surface area contributed by atoms with Crippen LogP contribution in [0.15, 0.2) is 0 Å². The Morgan fingerprint density at radius 1 is 1.41 bits per heavy atom. The van der Waals surface area contributed by atoms with Crippen LogP contribution in [0.4, 0.5) is 0 Å². The lowest BCUT2D eigenvalue weighted by Gasteiger charge is -2.42. The molecule has 1 aliphatic carbocycles. The summed E-state index contributed by atoms with van der Waals surface area (Å²) in [5.41, 5.74) is 0.267. The Kier molecular flexibility index (Phi) is 2.87. The summed E-state index contributed by atoms with van der Waals surface area (Å²) >= 11 is 0. The molecule has 2 atom stereocenters. The minimum Gasteiger partial charge on any atom is -0.396 e. The van der Waals surface area contributed by atoms with E-state index < -0.39 is 0 Å². The number of nitrogens with zero attached hydrogens (tertiary/aromatic N) is 1. The first kappa shape index (κ1) is 11.5. The first-order valence-electron chi connectivity index (χ1n) is 6.88. The van der Waals surface area contributed by atoms with Crippen LogP contribution in [0.1, 0.15) is 32.1 Å². The fraction of sp³-hybridized carbons (Fsp3) is 0.923. The van der Waals surface area contributed by atoms with Crippen molar-refractivity contribution in [2.24, 2.45) is 11.3 Å². The van der Waals surface area contributed by atoms with Gasteiger partial charge in [-0.2, -0.15) is 0 Å². The van der Waals surface area contributed by atoms with Gasteiger partial charge in [0.25, 0.3) is 0 Å². The number of rotatable bonds is 2. The van der Waals surface area contributed by atoms with E-state index in [4.69, 9.17) is 0 Å². The van der Waals surface area contributed by atoms with Gasteiger partial charge in [-0.3, -0.25) is 4.79 Å². The minimum atomic E-state index is 0.0459. The van der Waals surface area contributed by atoms with E-state index in [0.29, 0.717) is 5.92 Å². The fourth-order valence-corrected chi connectivity index (χ4v) is 3.77. The van der Waals surface area contributed by atoms with Crippen LogP contribution in [0.25, 0.3) is 0 Å². The molecule has 2 heterocycles. The summed E-state index contributed by atoms with van der Waals surface area (Å²) in [5.74, 6) is 0.589. The topological polar surface area (TPSA) is 52.6 Å². The van der Waals surface area contributed by atoms with E-state index in [1.54, 1.807) is 0 Å². The number of nitrogens with one attached hydrogen (secondary N) is 1. The van der Waals surface area contributed by atoms with E-state index in [1.807, 2.05) is 4.90 Å². The number of hydrogen-bond acceptors (Lipinski definition) is 3. The van der Waals surface area contributed by atoms with Crippen molar-refractivity contribution in [2.75, 3.05) is 26.2 Å². The van der Waals surface area contributed by atoms with Gasteiger partial charge in [-0.15, -0.1) is 0 Å². The molecule has 0 aromatic carbocycles. The smallest absolute Gasteiger partial charge is 0.239 e. The Labute approximate surface area is 102 Å². The Hall–Kier alpha value is -0.610. The van der Waals surface area contributed by atoms with Crippen molar-refractivity contribution in [3.8, 4) is 0 Å². The second-order valence-electron chi connectivity index (χ2n) is 5.96. The van der Waals surface area contributed by atoms with E-state index in [9.17, 15) is 9.90 Å². The molecule has 0 bridgehead atoms. The summed E-state index contributed by atoms with van der Waals surface area (Å²) in [4.78, 5) is 14.3. The molecule has 3 fully saturated rings. The van der Waals surface area contributed by atoms with Gasteiger partial charge in [0.15, 0.2) is 0 Å².